The van der Waals surface area contributed by atoms with Gasteiger partial charge >= 0.3 is 23.5 Å². The zero-order valence-corrected chi connectivity index (χ0v) is 36.0. The molecule has 0 saturated carbocycles. The van der Waals surface area contributed by atoms with E-state index in [0.717, 1.165) is 5.75 Å². The average Bonchev–Trinajstić information content (AvgIpc) is 3.84. The van der Waals surface area contributed by atoms with Crippen LogP contribution < -0.4 is 0 Å². The Bertz CT molecular complexity index is 1500. The first-order valence-electron chi connectivity index (χ1n) is 18.3. The Kier molecular flexibility index (Phi) is 24.6. The van der Waals surface area contributed by atoms with E-state index in [-0.39, 0.29) is 71.6 Å². The third-order valence-electron chi connectivity index (χ3n) is 7.93. The quantitative estimate of drug-likeness (QED) is 0.0437. The van der Waals surface area contributed by atoms with Crippen LogP contribution in [-0.4, -0.2) is 153 Å². The standard InChI is InChI=1S/C30H47B3N3O17P3S2/c31-28-16-22(25(19-38)48-28)51-55(40,43-11-2-7-35)46-21-27-24(18-30(33)50-27)53-56(41,44-12-3-8-36)47-20-26-23(17-29(32)49-26)52-54(39,42-10-1-6-34)45-13-5-15-58-57-14-4-9-37/h22-30,37-38H,1-5,9-21H2/t22-,23-,24-,25-,26-,27-,28-,29-,30-,54?,55?,56?/m1/s1. The minimum atomic E-state index is -4.63. The average molecular weight is 911 g/mol. The van der Waals surface area contributed by atoms with Crippen LogP contribution in [0, 0.1) is 34.0 Å². The molecular weight excluding hydrogens is 864 g/mol. The first-order chi connectivity index (χ1) is 27.8. The molecule has 6 radical (unpaired) electrons. The van der Waals surface area contributed by atoms with Crippen LogP contribution in [0.1, 0.15) is 51.4 Å². The van der Waals surface area contributed by atoms with Gasteiger partial charge < -0.3 is 24.4 Å². The van der Waals surface area contributed by atoms with E-state index in [4.69, 9.17) is 99.4 Å². The van der Waals surface area contributed by atoms with Crippen LogP contribution in [-0.2, 0) is 68.6 Å². The summed E-state index contributed by atoms with van der Waals surface area (Å²) < 4.78 is 108. The maximum Gasteiger partial charge on any atom is 0.475 e. The van der Waals surface area contributed by atoms with Crippen LogP contribution in [0.4, 0.5) is 0 Å². The summed E-state index contributed by atoms with van der Waals surface area (Å²) >= 11 is 0. The van der Waals surface area contributed by atoms with Gasteiger partial charge in [-0.25, -0.2) is 13.7 Å². The summed E-state index contributed by atoms with van der Waals surface area (Å²) in [7, 11) is 7.62. The van der Waals surface area contributed by atoms with E-state index in [1.54, 1.807) is 21.6 Å². The topological polar surface area (TPSA) is 274 Å². The number of nitriles is 3. The van der Waals surface area contributed by atoms with E-state index in [0.29, 0.717) is 18.6 Å². The van der Waals surface area contributed by atoms with Crippen molar-refractivity contribution < 1.29 is 78.8 Å². The van der Waals surface area contributed by atoms with Gasteiger partial charge in [-0.3, -0.25) is 40.7 Å². The molecule has 0 aromatic carbocycles. The number of hydrogen-bond donors (Lipinski definition) is 2. The molecule has 0 spiro atoms. The highest BCUT2D eigenvalue weighted by Crippen LogP contribution is 2.56. The lowest BCUT2D eigenvalue weighted by Crippen LogP contribution is -2.32. The molecule has 3 aliphatic heterocycles. The lowest BCUT2D eigenvalue weighted by molar-refractivity contribution is -0.0386. The Morgan fingerprint density at radius 2 is 0.931 bits per heavy atom. The van der Waals surface area contributed by atoms with Gasteiger partial charge in [-0.2, -0.15) is 15.8 Å². The molecule has 320 valence electrons. The first kappa shape index (κ1) is 51.8. The molecule has 58 heavy (non-hydrogen) atoms. The monoisotopic (exact) mass is 911 g/mol. The van der Waals surface area contributed by atoms with E-state index in [9.17, 15) is 18.8 Å². The van der Waals surface area contributed by atoms with Crippen molar-refractivity contribution >= 4 is 68.6 Å². The molecule has 3 fully saturated rings. The molecule has 0 aromatic heterocycles. The number of rotatable bonds is 31. The number of aliphatic hydroxyl groups excluding tert-OH is 2. The second-order valence-electron chi connectivity index (χ2n) is 12.5. The molecule has 0 bridgehead atoms. The minimum Gasteiger partial charge on any atom is -0.396 e. The van der Waals surface area contributed by atoms with Crippen LogP contribution >= 0.6 is 45.1 Å². The van der Waals surface area contributed by atoms with Crippen molar-refractivity contribution in [1.82, 2.24) is 0 Å². The largest absolute Gasteiger partial charge is 0.475 e. The molecular formula is C30H47B3N3O17P3S2. The summed E-state index contributed by atoms with van der Waals surface area (Å²) in [6, 6.07) is 2.84. The van der Waals surface area contributed by atoms with E-state index >= 15 is 0 Å². The number of phosphoric ester groups is 3. The third-order valence-corrected chi connectivity index (χ3v) is 15.0. The van der Waals surface area contributed by atoms with Crippen molar-refractivity contribution in [3.63, 3.8) is 0 Å². The van der Waals surface area contributed by atoms with Crippen molar-refractivity contribution in [3.05, 3.63) is 0 Å². The third kappa shape index (κ3) is 18.9. The van der Waals surface area contributed by atoms with Crippen molar-refractivity contribution in [2.45, 2.75) is 106 Å². The van der Waals surface area contributed by atoms with E-state index in [1.807, 2.05) is 18.2 Å². The van der Waals surface area contributed by atoms with E-state index in [1.165, 1.54) is 0 Å². The van der Waals surface area contributed by atoms with Crippen LogP contribution in [0.5, 0.6) is 0 Å². The van der Waals surface area contributed by atoms with Crippen molar-refractivity contribution in [2.75, 3.05) is 64.4 Å². The van der Waals surface area contributed by atoms with Crippen LogP contribution in [0.3, 0.4) is 0 Å². The second-order valence-corrected chi connectivity index (χ2v) is 20.1. The van der Waals surface area contributed by atoms with E-state index < -0.39 is 97.9 Å². The Morgan fingerprint density at radius 3 is 1.33 bits per heavy atom. The van der Waals surface area contributed by atoms with Gasteiger partial charge in [0.25, 0.3) is 0 Å². The summed E-state index contributed by atoms with van der Waals surface area (Å²) in [6.45, 7) is -2.53. The van der Waals surface area contributed by atoms with Crippen molar-refractivity contribution in [1.29, 1.82) is 15.8 Å². The number of nitrogens with zero attached hydrogens (tertiary/aromatic N) is 3. The fourth-order valence-corrected chi connectivity index (χ4v) is 11.6. The van der Waals surface area contributed by atoms with Crippen molar-refractivity contribution in [3.8, 4) is 18.2 Å². The molecule has 3 heterocycles. The molecule has 2 N–H and O–H groups in total. The first-order valence-corrected chi connectivity index (χ1v) is 25.2. The number of hydrogen-bond acceptors (Lipinski definition) is 22. The fourth-order valence-electron chi connectivity index (χ4n) is 5.30. The summed E-state index contributed by atoms with van der Waals surface area (Å²) in [5, 5.41) is 45.6. The highest BCUT2D eigenvalue weighted by atomic mass is 33.1. The van der Waals surface area contributed by atoms with Gasteiger partial charge in [0.05, 0.1) is 102 Å². The number of ether oxygens (including phenoxy) is 3. The molecule has 28 heteroatoms. The van der Waals surface area contributed by atoms with E-state index in [2.05, 4.69) is 0 Å². The maximum atomic E-state index is 14.1. The lowest BCUT2D eigenvalue weighted by atomic mass is 9.96. The zero-order chi connectivity index (χ0) is 42.4. The maximum absolute atomic E-state index is 14.1. The molecule has 0 aliphatic carbocycles. The second kappa shape index (κ2) is 27.5. The molecule has 3 saturated heterocycles. The van der Waals surface area contributed by atoms with Gasteiger partial charge in [0.2, 0.25) is 0 Å². The smallest absolute Gasteiger partial charge is 0.396 e. The molecule has 3 aliphatic rings. The Labute approximate surface area is 350 Å². The molecule has 0 aromatic rings. The number of aliphatic hydroxyl groups is 2. The highest BCUT2D eigenvalue weighted by Gasteiger charge is 2.46. The van der Waals surface area contributed by atoms with Crippen LogP contribution in [0.2, 0.25) is 0 Å². The van der Waals surface area contributed by atoms with Gasteiger partial charge in [0.15, 0.2) is 0 Å². The van der Waals surface area contributed by atoms with Gasteiger partial charge in [-0.1, -0.05) is 21.6 Å². The zero-order valence-electron chi connectivity index (χ0n) is 31.7. The Balaban J connectivity index is 1.69. The lowest BCUT2D eigenvalue weighted by Gasteiger charge is -2.28. The summed E-state index contributed by atoms with van der Waals surface area (Å²) in [4.78, 5) is 0. The Morgan fingerprint density at radius 1 is 0.569 bits per heavy atom. The molecule has 20 nitrogen and oxygen atoms in total. The van der Waals surface area contributed by atoms with Gasteiger partial charge in [0, 0.05) is 36.1 Å². The SMILES string of the molecule is [B][C@H]1C[C@@H](OP(=O)(OCCC#N)OC[C@H]2O[C@@H]([B])C[C@H]2OP(=O)(OCCC#N)OC[C@H]2O[C@@H]([B])C[C@H]2OP(=O)(OCCC#N)OCCCSSCCCO)[C@@H](CO)O1. The fraction of sp³-hybridized carbons (Fsp3) is 0.900. The minimum absolute atomic E-state index is 0.00957. The summed E-state index contributed by atoms with van der Waals surface area (Å²) in [5.41, 5.74) is 0. The molecule has 12 atom stereocenters. The van der Waals surface area contributed by atoms with Gasteiger partial charge in [-0.05, 0) is 32.1 Å². The Hall–Kier alpha value is -0.505. The predicted molar refractivity (Wildman–Crippen MR) is 209 cm³/mol. The molecule has 3 unspecified atom stereocenters. The number of phosphoric acid groups is 3. The molecule has 3 rings (SSSR count). The van der Waals surface area contributed by atoms with Gasteiger partial charge in [0.1, 0.15) is 41.9 Å². The molecule has 0 amide bonds. The highest BCUT2D eigenvalue weighted by molar-refractivity contribution is 8.76. The predicted octanol–water partition coefficient (Wildman–Crippen LogP) is 3.30. The van der Waals surface area contributed by atoms with Gasteiger partial charge in [-0.15, -0.1) is 0 Å². The van der Waals surface area contributed by atoms with Crippen molar-refractivity contribution in [2.24, 2.45) is 0 Å². The summed E-state index contributed by atoms with van der Waals surface area (Å²) in [6.07, 6.45) is -5.86. The van der Waals surface area contributed by atoms with Crippen LogP contribution in [0.25, 0.3) is 0 Å². The normalized spacial score (nSPS) is 30.2. The summed E-state index contributed by atoms with van der Waals surface area (Å²) in [5.74, 6) is 1.41. The van der Waals surface area contributed by atoms with Crippen LogP contribution in [0.15, 0.2) is 0 Å².